The zero-order valence-corrected chi connectivity index (χ0v) is 15.2. The van der Waals surface area contributed by atoms with Crippen molar-refractivity contribution in [3.63, 3.8) is 0 Å². The van der Waals surface area contributed by atoms with E-state index in [4.69, 9.17) is 0 Å². The average molecular weight is 380 g/mol. The second-order valence-corrected chi connectivity index (χ2v) is 7.41. The van der Waals surface area contributed by atoms with Crippen LogP contribution in [0.1, 0.15) is 38.2 Å². The highest BCUT2D eigenvalue weighted by atomic mass is 19.4. The molecule has 8 heteroatoms. The number of benzene rings is 1. The Hall–Kier alpha value is -2.43. The van der Waals surface area contributed by atoms with Crippen molar-refractivity contribution in [3.8, 4) is 6.07 Å². The molecule has 1 amide bonds. The molecule has 0 aromatic heterocycles. The quantitative estimate of drug-likeness (QED) is 0.792. The van der Waals surface area contributed by atoms with Crippen molar-refractivity contribution < 1.29 is 18.0 Å². The van der Waals surface area contributed by atoms with Crippen molar-refractivity contribution >= 4 is 17.3 Å². The molecule has 1 saturated carbocycles. The van der Waals surface area contributed by atoms with Crippen molar-refractivity contribution in [1.29, 1.82) is 5.26 Å². The van der Waals surface area contributed by atoms with Gasteiger partial charge in [0.25, 0.3) is 0 Å². The summed E-state index contributed by atoms with van der Waals surface area (Å²) in [7, 11) is 0. The van der Waals surface area contributed by atoms with E-state index in [1.165, 1.54) is 6.07 Å². The monoisotopic (exact) mass is 380 g/mol. The van der Waals surface area contributed by atoms with Gasteiger partial charge in [0.2, 0.25) is 5.91 Å². The van der Waals surface area contributed by atoms with Crippen molar-refractivity contribution in [3.05, 3.63) is 23.8 Å². The largest absolute Gasteiger partial charge is 0.416 e. The first-order valence-corrected chi connectivity index (χ1v) is 9.15. The van der Waals surface area contributed by atoms with Crippen molar-refractivity contribution in [2.75, 3.05) is 29.9 Å². The van der Waals surface area contributed by atoms with Gasteiger partial charge in [-0.1, -0.05) is 0 Å². The predicted molar refractivity (Wildman–Crippen MR) is 96.3 cm³/mol. The maximum atomic E-state index is 13.1. The Morgan fingerprint density at radius 1 is 1.30 bits per heavy atom. The Balaban J connectivity index is 1.73. The van der Waals surface area contributed by atoms with Crippen LogP contribution in [0.3, 0.4) is 0 Å². The molecule has 2 fully saturated rings. The van der Waals surface area contributed by atoms with E-state index in [2.05, 4.69) is 16.7 Å². The minimum absolute atomic E-state index is 0.139. The van der Waals surface area contributed by atoms with Crippen molar-refractivity contribution in [1.82, 2.24) is 5.32 Å². The fraction of sp³-hybridized carbons (Fsp3) is 0.579. The molecule has 146 valence electrons. The number of nitriles is 1. The van der Waals surface area contributed by atoms with E-state index >= 15 is 0 Å². The summed E-state index contributed by atoms with van der Waals surface area (Å²) in [6.07, 6.45) is -0.686. The van der Waals surface area contributed by atoms with Gasteiger partial charge in [-0.05, 0) is 56.7 Å². The number of alkyl halides is 3. The van der Waals surface area contributed by atoms with E-state index in [0.717, 1.165) is 50.9 Å². The highest BCUT2D eigenvalue weighted by Crippen LogP contribution is 2.39. The first-order valence-electron chi connectivity index (χ1n) is 9.15. The summed E-state index contributed by atoms with van der Waals surface area (Å²) >= 11 is 0. The minimum Gasteiger partial charge on any atom is -0.374 e. The Morgan fingerprint density at radius 2 is 1.96 bits per heavy atom. The molecule has 2 N–H and O–H groups in total. The molecule has 1 aliphatic carbocycles. The van der Waals surface area contributed by atoms with Crippen LogP contribution in [-0.4, -0.2) is 31.1 Å². The van der Waals surface area contributed by atoms with Crippen LogP contribution in [-0.2, 0) is 11.0 Å². The van der Waals surface area contributed by atoms with Gasteiger partial charge < -0.3 is 15.5 Å². The molecule has 2 aliphatic rings. The van der Waals surface area contributed by atoms with Crippen molar-refractivity contribution in [2.45, 2.75) is 44.3 Å². The molecule has 1 heterocycles. The van der Waals surface area contributed by atoms with Crippen LogP contribution in [0.15, 0.2) is 18.2 Å². The summed E-state index contributed by atoms with van der Waals surface area (Å²) in [6, 6.07) is 5.71. The molecule has 3 rings (SSSR count). The summed E-state index contributed by atoms with van der Waals surface area (Å²) in [5, 5.41) is 14.9. The molecule has 5 nitrogen and oxygen atoms in total. The summed E-state index contributed by atoms with van der Waals surface area (Å²) < 4.78 is 39.2. The molecule has 0 spiro atoms. The molecule has 0 radical (unpaired) electrons. The van der Waals surface area contributed by atoms with Gasteiger partial charge in [-0.2, -0.15) is 18.4 Å². The van der Waals surface area contributed by atoms with Crippen molar-refractivity contribution in [2.24, 2.45) is 5.92 Å². The van der Waals surface area contributed by atoms with Gasteiger partial charge >= 0.3 is 6.18 Å². The number of nitrogens with one attached hydrogen (secondary N) is 2. The summed E-state index contributed by atoms with van der Waals surface area (Å²) in [5.74, 6) is -0.268. The lowest BCUT2D eigenvalue weighted by molar-refractivity contribution is -0.137. The molecule has 1 aromatic rings. The number of rotatable bonds is 6. The first-order chi connectivity index (χ1) is 12.7. The molecular formula is C19H23F3N4O. The zero-order chi connectivity index (χ0) is 19.7. The zero-order valence-electron chi connectivity index (χ0n) is 15.2. The standard InChI is InChI=1S/C19H23F3N4O/c1-18(12-23,13-4-5-13)25-17(27)11-24-15-10-14(19(20,21)22)6-7-16(15)26-8-2-3-9-26/h6-7,10,13,24H,2-5,8-9,11H2,1H3,(H,25,27)/t18-/m0/s1. The molecular weight excluding hydrogens is 357 g/mol. The van der Waals surface area contributed by atoms with Crippen LogP contribution in [0.2, 0.25) is 0 Å². The molecule has 0 unspecified atom stereocenters. The molecule has 0 bridgehead atoms. The molecule has 1 atom stereocenters. The number of halogens is 3. The number of anilines is 2. The lowest BCUT2D eigenvalue weighted by Crippen LogP contribution is -2.48. The lowest BCUT2D eigenvalue weighted by Gasteiger charge is -2.25. The van der Waals surface area contributed by atoms with E-state index in [1.807, 2.05) is 4.90 Å². The third kappa shape index (κ3) is 4.46. The maximum Gasteiger partial charge on any atom is 0.416 e. The van der Waals surface area contributed by atoms with Crippen LogP contribution in [0.25, 0.3) is 0 Å². The Morgan fingerprint density at radius 3 is 2.52 bits per heavy atom. The number of hydrogen-bond donors (Lipinski definition) is 2. The third-order valence-electron chi connectivity index (χ3n) is 5.24. The molecule has 1 saturated heterocycles. The van der Waals surface area contributed by atoms with Crippen LogP contribution in [0.5, 0.6) is 0 Å². The van der Waals surface area contributed by atoms with Gasteiger partial charge in [0.1, 0.15) is 5.54 Å². The number of hydrogen-bond acceptors (Lipinski definition) is 4. The molecule has 27 heavy (non-hydrogen) atoms. The molecule has 1 aromatic carbocycles. The summed E-state index contributed by atoms with van der Waals surface area (Å²) in [6.45, 7) is 3.05. The molecule has 1 aliphatic heterocycles. The number of carbonyl (C=O) groups excluding carboxylic acids is 1. The number of amides is 1. The number of nitrogens with zero attached hydrogens (tertiary/aromatic N) is 2. The van der Waals surface area contributed by atoms with E-state index < -0.39 is 23.2 Å². The van der Waals surface area contributed by atoms with Gasteiger partial charge in [0, 0.05) is 13.1 Å². The van der Waals surface area contributed by atoms with Gasteiger partial charge in [-0.3, -0.25) is 4.79 Å². The van der Waals surface area contributed by atoms with Crippen LogP contribution in [0, 0.1) is 17.2 Å². The Bertz CT molecular complexity index is 748. The summed E-state index contributed by atoms with van der Waals surface area (Å²) in [5.41, 5.74) is -0.733. The van der Waals surface area contributed by atoms with Gasteiger partial charge in [-0.25, -0.2) is 0 Å². The van der Waals surface area contributed by atoms with Crippen LogP contribution < -0.4 is 15.5 Å². The van der Waals surface area contributed by atoms with Gasteiger partial charge in [0.15, 0.2) is 0 Å². The Kier molecular flexibility index (Phi) is 5.22. The van der Waals surface area contributed by atoms with E-state index in [1.54, 1.807) is 6.92 Å². The first kappa shape index (κ1) is 19.3. The smallest absolute Gasteiger partial charge is 0.374 e. The van der Waals surface area contributed by atoms with Crippen LogP contribution in [0.4, 0.5) is 24.5 Å². The fourth-order valence-electron chi connectivity index (χ4n) is 3.48. The van der Waals surface area contributed by atoms with Crippen LogP contribution >= 0.6 is 0 Å². The van der Waals surface area contributed by atoms with Gasteiger partial charge in [-0.15, -0.1) is 0 Å². The third-order valence-corrected chi connectivity index (χ3v) is 5.24. The average Bonchev–Trinajstić information content (AvgIpc) is 3.35. The van der Waals surface area contributed by atoms with E-state index in [9.17, 15) is 23.2 Å². The second-order valence-electron chi connectivity index (χ2n) is 7.41. The highest BCUT2D eigenvalue weighted by molar-refractivity contribution is 5.84. The van der Waals surface area contributed by atoms with E-state index in [0.29, 0.717) is 5.69 Å². The SMILES string of the molecule is C[C@@](C#N)(NC(=O)CNc1cc(C(F)(F)F)ccc1N1CCCC1)C1CC1. The number of carbonyl (C=O) groups is 1. The van der Waals surface area contributed by atoms with Gasteiger partial charge in [0.05, 0.1) is 29.6 Å². The normalized spacial score (nSPS) is 19.3. The highest BCUT2D eigenvalue weighted by Gasteiger charge is 2.43. The minimum atomic E-state index is -4.45. The van der Waals surface area contributed by atoms with E-state index in [-0.39, 0.29) is 18.2 Å². The maximum absolute atomic E-state index is 13.1. The second kappa shape index (κ2) is 7.29. The lowest BCUT2D eigenvalue weighted by atomic mass is 9.98. The topological polar surface area (TPSA) is 68.2 Å². The fourth-order valence-corrected chi connectivity index (χ4v) is 3.48. The Labute approximate surface area is 156 Å². The predicted octanol–water partition coefficient (Wildman–Crippen LogP) is 3.53. The summed E-state index contributed by atoms with van der Waals surface area (Å²) in [4.78, 5) is 14.3.